The molecule has 3 amide bonds. The summed E-state index contributed by atoms with van der Waals surface area (Å²) in [5, 5.41) is 2.67. The summed E-state index contributed by atoms with van der Waals surface area (Å²) in [6, 6.07) is 11.8. The van der Waals surface area contributed by atoms with Crippen LogP contribution in [0.15, 0.2) is 48.5 Å². The van der Waals surface area contributed by atoms with Crippen molar-refractivity contribution < 1.29 is 23.5 Å². The lowest BCUT2D eigenvalue weighted by Crippen LogP contribution is -2.56. The number of carbonyl (C=O) groups excluding carboxylic acids is 3. The summed E-state index contributed by atoms with van der Waals surface area (Å²) in [5.74, 6) is -2.55. The van der Waals surface area contributed by atoms with Crippen molar-refractivity contribution in [3.05, 3.63) is 65.5 Å². The summed E-state index contributed by atoms with van der Waals surface area (Å²) in [6.07, 6.45) is -1.05. The Kier molecular flexibility index (Phi) is 7.91. The normalized spacial score (nSPS) is 12.6. The fourth-order valence-electron chi connectivity index (χ4n) is 2.55. The quantitative estimate of drug-likeness (QED) is 0.606. The predicted octanol–water partition coefficient (Wildman–Crippen LogP) is 2.50. The highest BCUT2D eigenvalue weighted by atomic mass is 19.1. The first kappa shape index (κ1) is 22.9. The van der Waals surface area contributed by atoms with Gasteiger partial charge in [-0.25, -0.2) is 4.39 Å². The Bertz CT molecular complexity index is 900. The Morgan fingerprint density at radius 3 is 2.10 bits per heavy atom. The van der Waals surface area contributed by atoms with Crippen LogP contribution in [0, 0.1) is 18.7 Å². The molecule has 2 rings (SSSR count). The van der Waals surface area contributed by atoms with Gasteiger partial charge in [-0.1, -0.05) is 43.7 Å². The minimum absolute atomic E-state index is 0.0723. The first-order chi connectivity index (χ1) is 14.2. The van der Waals surface area contributed by atoms with Crippen molar-refractivity contribution in [1.82, 2.24) is 16.2 Å². The number of hydrogen-bond acceptors (Lipinski definition) is 4. The van der Waals surface area contributed by atoms with E-state index >= 15 is 0 Å². The van der Waals surface area contributed by atoms with E-state index in [1.54, 1.807) is 44.2 Å². The van der Waals surface area contributed by atoms with E-state index in [4.69, 9.17) is 4.74 Å². The number of aryl methyl sites for hydroxylation is 1. The van der Waals surface area contributed by atoms with Crippen molar-refractivity contribution in [2.24, 2.45) is 5.92 Å². The Morgan fingerprint density at radius 1 is 0.900 bits per heavy atom. The van der Waals surface area contributed by atoms with E-state index < -0.39 is 35.7 Å². The molecule has 1 unspecified atom stereocenters. The zero-order valence-electron chi connectivity index (χ0n) is 17.4. The molecule has 0 aliphatic heterocycles. The van der Waals surface area contributed by atoms with Gasteiger partial charge in [0.05, 0.1) is 0 Å². The summed E-state index contributed by atoms with van der Waals surface area (Å²) in [4.78, 5) is 37.1. The second-order valence-electron chi connectivity index (χ2n) is 7.23. The van der Waals surface area contributed by atoms with Crippen LogP contribution < -0.4 is 20.9 Å². The summed E-state index contributed by atoms with van der Waals surface area (Å²) < 4.78 is 18.9. The maximum absolute atomic E-state index is 13.6. The van der Waals surface area contributed by atoms with E-state index in [2.05, 4.69) is 16.2 Å². The molecule has 0 fully saturated rings. The van der Waals surface area contributed by atoms with Gasteiger partial charge in [0.25, 0.3) is 17.7 Å². The molecule has 0 aliphatic carbocycles. The Labute approximate surface area is 175 Å². The third kappa shape index (κ3) is 6.30. The van der Waals surface area contributed by atoms with E-state index in [9.17, 15) is 18.8 Å². The molecule has 0 heterocycles. The number of nitrogens with one attached hydrogen (secondary N) is 3. The van der Waals surface area contributed by atoms with Crippen LogP contribution in [0.4, 0.5) is 4.39 Å². The molecule has 3 N–H and O–H groups in total. The van der Waals surface area contributed by atoms with Crippen molar-refractivity contribution in [3.8, 4) is 5.75 Å². The van der Waals surface area contributed by atoms with Crippen molar-refractivity contribution in [2.75, 3.05) is 0 Å². The molecule has 0 bridgehead atoms. The van der Waals surface area contributed by atoms with Gasteiger partial charge in [0.1, 0.15) is 6.04 Å². The summed E-state index contributed by atoms with van der Waals surface area (Å²) in [6.45, 7) is 6.87. The van der Waals surface area contributed by atoms with Gasteiger partial charge in [-0.3, -0.25) is 25.2 Å². The third-order valence-corrected chi connectivity index (χ3v) is 4.37. The summed E-state index contributed by atoms with van der Waals surface area (Å²) in [7, 11) is 0. The SMILES string of the molecule is Cc1ccc(C(=O)N[C@H](C(=O)NNC(=O)C(C)Oc2ccccc2F)C(C)C)cc1. The lowest BCUT2D eigenvalue weighted by molar-refractivity contribution is -0.133. The zero-order valence-corrected chi connectivity index (χ0v) is 17.4. The van der Waals surface area contributed by atoms with E-state index in [1.807, 2.05) is 6.92 Å². The highest BCUT2D eigenvalue weighted by Gasteiger charge is 2.26. The number of carbonyl (C=O) groups is 3. The second-order valence-corrected chi connectivity index (χ2v) is 7.23. The molecule has 2 aromatic carbocycles. The molecule has 0 spiro atoms. The number of hydrogen-bond donors (Lipinski definition) is 3. The van der Waals surface area contributed by atoms with Gasteiger partial charge < -0.3 is 10.1 Å². The molecule has 0 aromatic heterocycles. The van der Waals surface area contributed by atoms with Crippen molar-refractivity contribution >= 4 is 17.7 Å². The predicted molar refractivity (Wildman–Crippen MR) is 110 cm³/mol. The smallest absolute Gasteiger partial charge is 0.279 e. The van der Waals surface area contributed by atoms with Gasteiger partial charge in [-0.05, 0) is 44.0 Å². The standard InChI is InChI=1S/C22H26FN3O4/c1-13(2)19(24-21(28)16-11-9-14(3)10-12-16)22(29)26-25-20(27)15(4)30-18-8-6-5-7-17(18)23/h5-13,15,19H,1-4H3,(H,24,28)(H,25,27)(H,26,29)/t15?,19-/m0/s1. The van der Waals surface area contributed by atoms with E-state index in [-0.39, 0.29) is 11.7 Å². The minimum Gasteiger partial charge on any atom is -0.478 e. The van der Waals surface area contributed by atoms with E-state index in [0.29, 0.717) is 5.56 Å². The molecule has 7 nitrogen and oxygen atoms in total. The maximum Gasteiger partial charge on any atom is 0.279 e. The van der Waals surface area contributed by atoms with Crippen LogP contribution in [0.3, 0.4) is 0 Å². The topological polar surface area (TPSA) is 96.5 Å². The molecule has 2 aromatic rings. The van der Waals surface area contributed by atoms with Gasteiger partial charge in [0.2, 0.25) is 0 Å². The summed E-state index contributed by atoms with van der Waals surface area (Å²) in [5.41, 5.74) is 5.96. The average Bonchev–Trinajstić information content (AvgIpc) is 2.71. The van der Waals surface area contributed by atoms with Crippen LogP contribution in [0.1, 0.15) is 36.7 Å². The Balaban J connectivity index is 1.92. The molecule has 0 aliphatic rings. The van der Waals surface area contributed by atoms with Gasteiger partial charge in [-0.2, -0.15) is 0 Å². The molecular weight excluding hydrogens is 389 g/mol. The van der Waals surface area contributed by atoms with Crippen LogP contribution in [0.25, 0.3) is 0 Å². The third-order valence-electron chi connectivity index (χ3n) is 4.37. The number of halogens is 1. The van der Waals surface area contributed by atoms with Gasteiger partial charge >= 0.3 is 0 Å². The van der Waals surface area contributed by atoms with Crippen molar-refractivity contribution in [3.63, 3.8) is 0 Å². The maximum atomic E-state index is 13.6. The lowest BCUT2D eigenvalue weighted by atomic mass is 10.0. The van der Waals surface area contributed by atoms with Gasteiger partial charge in [0.15, 0.2) is 17.7 Å². The fraction of sp³-hybridized carbons (Fsp3) is 0.318. The van der Waals surface area contributed by atoms with Crippen molar-refractivity contribution in [1.29, 1.82) is 0 Å². The number of benzene rings is 2. The fourth-order valence-corrected chi connectivity index (χ4v) is 2.55. The van der Waals surface area contributed by atoms with E-state index in [1.165, 1.54) is 25.1 Å². The zero-order chi connectivity index (χ0) is 22.3. The van der Waals surface area contributed by atoms with Crippen LogP contribution in [-0.2, 0) is 9.59 Å². The average molecular weight is 415 g/mol. The van der Waals surface area contributed by atoms with Crippen LogP contribution >= 0.6 is 0 Å². The van der Waals surface area contributed by atoms with Gasteiger partial charge in [-0.15, -0.1) is 0 Å². The number of ether oxygens (including phenoxy) is 1. The molecule has 0 radical (unpaired) electrons. The molecule has 160 valence electrons. The first-order valence-electron chi connectivity index (χ1n) is 9.57. The van der Waals surface area contributed by atoms with Crippen LogP contribution in [-0.4, -0.2) is 29.9 Å². The largest absolute Gasteiger partial charge is 0.478 e. The molecule has 0 saturated carbocycles. The number of amides is 3. The second kappa shape index (κ2) is 10.4. The molecular formula is C22H26FN3O4. The monoisotopic (exact) mass is 415 g/mol. The number of para-hydroxylation sites is 1. The Morgan fingerprint density at radius 2 is 1.50 bits per heavy atom. The molecule has 0 saturated heterocycles. The molecule has 8 heteroatoms. The first-order valence-corrected chi connectivity index (χ1v) is 9.57. The lowest BCUT2D eigenvalue weighted by Gasteiger charge is -2.22. The highest BCUT2D eigenvalue weighted by Crippen LogP contribution is 2.16. The molecule has 30 heavy (non-hydrogen) atoms. The van der Waals surface area contributed by atoms with Gasteiger partial charge in [0, 0.05) is 5.56 Å². The van der Waals surface area contributed by atoms with E-state index in [0.717, 1.165) is 5.56 Å². The van der Waals surface area contributed by atoms with Crippen LogP contribution in [0.2, 0.25) is 0 Å². The minimum atomic E-state index is -1.05. The Hall–Kier alpha value is -3.42. The number of hydrazine groups is 1. The molecule has 2 atom stereocenters. The highest BCUT2D eigenvalue weighted by molar-refractivity contribution is 5.98. The van der Waals surface area contributed by atoms with Crippen LogP contribution in [0.5, 0.6) is 5.75 Å². The summed E-state index contributed by atoms with van der Waals surface area (Å²) >= 11 is 0. The number of rotatable bonds is 7. The van der Waals surface area contributed by atoms with Crippen molar-refractivity contribution in [2.45, 2.75) is 39.8 Å².